The second kappa shape index (κ2) is 5.24. The Kier molecular flexibility index (Phi) is 4.25. The molecule has 1 rings (SSSR count). The van der Waals surface area contributed by atoms with E-state index in [1.165, 1.54) is 0 Å². The zero-order valence-electron chi connectivity index (χ0n) is 8.58. The monoisotopic (exact) mass is 216 g/mol. The predicted octanol–water partition coefficient (Wildman–Crippen LogP) is 0.434. The molecule has 5 heteroatoms. The number of carbonyl (C=O) groups excluding carboxylic acids is 2. The van der Waals surface area contributed by atoms with Gasteiger partial charge in [-0.2, -0.15) is 0 Å². The molecule has 1 atom stereocenters. The summed E-state index contributed by atoms with van der Waals surface area (Å²) < 4.78 is 0. The summed E-state index contributed by atoms with van der Waals surface area (Å²) in [6, 6.07) is 0.188. The van der Waals surface area contributed by atoms with Gasteiger partial charge in [0.15, 0.2) is 0 Å². The van der Waals surface area contributed by atoms with E-state index in [2.05, 4.69) is 5.32 Å². The lowest BCUT2D eigenvalue weighted by Crippen LogP contribution is -2.41. The quantitative estimate of drug-likeness (QED) is 0.741. The van der Waals surface area contributed by atoms with Gasteiger partial charge in [-0.25, -0.2) is 0 Å². The smallest absolute Gasteiger partial charge is 0.239 e. The maximum Gasteiger partial charge on any atom is 0.239 e. The number of hydrogen-bond donors (Lipinski definition) is 1. The van der Waals surface area contributed by atoms with Gasteiger partial charge in [0.1, 0.15) is 6.54 Å². The van der Waals surface area contributed by atoms with Gasteiger partial charge in [-0.05, 0) is 13.3 Å². The van der Waals surface area contributed by atoms with E-state index in [0.717, 1.165) is 6.42 Å². The summed E-state index contributed by atoms with van der Waals surface area (Å²) >= 11 is 1.55. The SMILES string of the molecule is CCC(C)NC(=O)CN1CSCC1=O. The van der Waals surface area contributed by atoms with E-state index in [4.69, 9.17) is 0 Å². The molecule has 1 unspecified atom stereocenters. The summed E-state index contributed by atoms with van der Waals surface area (Å²) in [4.78, 5) is 24.2. The molecule has 0 radical (unpaired) electrons. The minimum atomic E-state index is -0.0600. The molecule has 0 aromatic heterocycles. The molecule has 1 heterocycles. The molecular weight excluding hydrogens is 200 g/mol. The molecular formula is C9H16N2O2S. The minimum Gasteiger partial charge on any atom is -0.352 e. The summed E-state index contributed by atoms with van der Waals surface area (Å²) in [5.41, 5.74) is 0. The van der Waals surface area contributed by atoms with Crippen molar-refractivity contribution in [2.24, 2.45) is 0 Å². The number of thioether (sulfide) groups is 1. The Morgan fingerprint density at radius 2 is 2.43 bits per heavy atom. The Morgan fingerprint density at radius 1 is 1.71 bits per heavy atom. The number of hydrogen-bond acceptors (Lipinski definition) is 3. The van der Waals surface area contributed by atoms with Gasteiger partial charge in [0.2, 0.25) is 11.8 Å². The molecule has 2 amide bonds. The number of nitrogens with one attached hydrogen (secondary N) is 1. The normalized spacial score (nSPS) is 18.4. The van der Waals surface area contributed by atoms with Gasteiger partial charge >= 0.3 is 0 Å². The highest BCUT2D eigenvalue weighted by Gasteiger charge is 2.22. The second-order valence-corrected chi connectivity index (χ2v) is 4.40. The maximum atomic E-state index is 11.4. The summed E-state index contributed by atoms with van der Waals surface area (Å²) in [6.45, 7) is 4.18. The third-order valence-corrected chi connectivity index (χ3v) is 3.12. The van der Waals surface area contributed by atoms with Crippen molar-refractivity contribution in [2.45, 2.75) is 26.3 Å². The Hall–Kier alpha value is -0.710. The summed E-state index contributed by atoms with van der Waals surface area (Å²) in [5, 5.41) is 2.83. The highest BCUT2D eigenvalue weighted by molar-refractivity contribution is 8.00. The molecule has 1 saturated heterocycles. The highest BCUT2D eigenvalue weighted by Crippen LogP contribution is 2.13. The van der Waals surface area contributed by atoms with Gasteiger partial charge in [-0.3, -0.25) is 9.59 Å². The first kappa shape index (κ1) is 11.4. The predicted molar refractivity (Wildman–Crippen MR) is 56.9 cm³/mol. The van der Waals surface area contributed by atoms with Crippen molar-refractivity contribution >= 4 is 23.6 Å². The van der Waals surface area contributed by atoms with E-state index in [9.17, 15) is 9.59 Å². The van der Waals surface area contributed by atoms with Crippen molar-refractivity contribution in [2.75, 3.05) is 18.2 Å². The van der Waals surface area contributed by atoms with E-state index in [0.29, 0.717) is 11.6 Å². The van der Waals surface area contributed by atoms with Crippen molar-refractivity contribution in [1.29, 1.82) is 0 Å². The Balaban J connectivity index is 2.29. The van der Waals surface area contributed by atoms with E-state index in [1.54, 1.807) is 16.7 Å². The standard InChI is InChI=1S/C9H16N2O2S/c1-3-7(2)10-8(12)4-11-6-14-5-9(11)13/h7H,3-6H2,1-2H3,(H,10,12). The van der Waals surface area contributed by atoms with E-state index in [-0.39, 0.29) is 24.4 Å². The molecule has 1 aliphatic rings. The summed E-state index contributed by atoms with van der Waals surface area (Å²) in [7, 11) is 0. The van der Waals surface area contributed by atoms with Crippen LogP contribution in [0.3, 0.4) is 0 Å². The van der Waals surface area contributed by atoms with Gasteiger partial charge in [-0.15, -0.1) is 11.8 Å². The van der Waals surface area contributed by atoms with Crippen LogP contribution in [0.25, 0.3) is 0 Å². The van der Waals surface area contributed by atoms with Crippen LogP contribution in [0.1, 0.15) is 20.3 Å². The number of carbonyl (C=O) groups is 2. The average Bonchev–Trinajstić information content (AvgIpc) is 2.51. The molecule has 1 fully saturated rings. The van der Waals surface area contributed by atoms with E-state index >= 15 is 0 Å². The molecule has 0 spiro atoms. The zero-order chi connectivity index (χ0) is 10.6. The molecule has 4 nitrogen and oxygen atoms in total. The molecule has 0 bridgehead atoms. The van der Waals surface area contributed by atoms with Gasteiger partial charge in [0.25, 0.3) is 0 Å². The summed E-state index contributed by atoms with van der Waals surface area (Å²) in [6.07, 6.45) is 0.911. The number of nitrogens with zero attached hydrogens (tertiary/aromatic N) is 1. The first-order valence-corrected chi connectivity index (χ1v) is 5.93. The molecule has 0 saturated carbocycles. The van der Waals surface area contributed by atoms with Crippen LogP contribution in [0.5, 0.6) is 0 Å². The zero-order valence-corrected chi connectivity index (χ0v) is 9.39. The number of amides is 2. The first-order chi connectivity index (χ1) is 6.63. The largest absolute Gasteiger partial charge is 0.352 e. The fourth-order valence-corrected chi connectivity index (χ4v) is 2.04. The first-order valence-electron chi connectivity index (χ1n) is 4.78. The molecule has 0 aromatic carbocycles. The lowest BCUT2D eigenvalue weighted by Gasteiger charge is -2.16. The fraction of sp³-hybridized carbons (Fsp3) is 0.778. The highest BCUT2D eigenvalue weighted by atomic mass is 32.2. The van der Waals surface area contributed by atoms with Crippen LogP contribution in [0.2, 0.25) is 0 Å². The molecule has 80 valence electrons. The summed E-state index contributed by atoms with van der Waals surface area (Å²) in [5.74, 6) is 1.16. The topological polar surface area (TPSA) is 49.4 Å². The van der Waals surface area contributed by atoms with Crippen molar-refractivity contribution < 1.29 is 9.59 Å². The van der Waals surface area contributed by atoms with Crippen molar-refractivity contribution in [3.63, 3.8) is 0 Å². The average molecular weight is 216 g/mol. The lowest BCUT2D eigenvalue weighted by molar-refractivity contribution is -0.132. The van der Waals surface area contributed by atoms with Crippen LogP contribution >= 0.6 is 11.8 Å². The van der Waals surface area contributed by atoms with Crippen molar-refractivity contribution in [1.82, 2.24) is 10.2 Å². The second-order valence-electron chi connectivity index (χ2n) is 3.45. The Morgan fingerprint density at radius 3 is 2.93 bits per heavy atom. The fourth-order valence-electron chi connectivity index (χ4n) is 1.14. The van der Waals surface area contributed by atoms with E-state index in [1.807, 2.05) is 13.8 Å². The molecule has 0 aliphatic carbocycles. The third kappa shape index (κ3) is 3.21. The Bertz CT molecular complexity index is 233. The molecule has 1 aliphatic heterocycles. The molecule has 1 N–H and O–H groups in total. The van der Waals surface area contributed by atoms with Crippen LogP contribution < -0.4 is 5.32 Å². The maximum absolute atomic E-state index is 11.4. The van der Waals surface area contributed by atoms with Gasteiger partial charge < -0.3 is 10.2 Å². The Labute approximate surface area is 88.4 Å². The van der Waals surface area contributed by atoms with Gasteiger partial charge in [0, 0.05) is 6.04 Å². The van der Waals surface area contributed by atoms with Gasteiger partial charge in [-0.1, -0.05) is 6.92 Å². The molecule has 14 heavy (non-hydrogen) atoms. The van der Waals surface area contributed by atoms with Crippen LogP contribution in [-0.4, -0.2) is 40.9 Å². The van der Waals surface area contributed by atoms with Crippen LogP contribution in [0.15, 0.2) is 0 Å². The van der Waals surface area contributed by atoms with Crippen LogP contribution in [0, 0.1) is 0 Å². The third-order valence-electron chi connectivity index (χ3n) is 2.18. The lowest BCUT2D eigenvalue weighted by atomic mass is 10.2. The minimum absolute atomic E-state index is 0.0600. The van der Waals surface area contributed by atoms with Crippen LogP contribution in [0.4, 0.5) is 0 Å². The van der Waals surface area contributed by atoms with Crippen molar-refractivity contribution in [3.8, 4) is 0 Å². The number of rotatable bonds is 4. The van der Waals surface area contributed by atoms with Gasteiger partial charge in [0.05, 0.1) is 11.6 Å². The molecule has 0 aromatic rings. The van der Waals surface area contributed by atoms with E-state index < -0.39 is 0 Å². The van der Waals surface area contributed by atoms with Crippen molar-refractivity contribution in [3.05, 3.63) is 0 Å². The van der Waals surface area contributed by atoms with Crippen LogP contribution in [-0.2, 0) is 9.59 Å².